The largest absolute Gasteiger partial charge is 0.445 e. The molecule has 1 aromatic carbocycles. The van der Waals surface area contributed by atoms with E-state index in [9.17, 15) is 31.2 Å². The average Bonchev–Trinajstić information content (AvgIpc) is 2.45. The third-order valence-corrected chi connectivity index (χ3v) is 4.46. The molecule has 0 spiro atoms. The van der Waals surface area contributed by atoms with Crippen LogP contribution in [0.5, 0.6) is 5.75 Å². The molecule has 0 fully saturated rings. The van der Waals surface area contributed by atoms with Crippen LogP contribution in [0.1, 0.15) is 23.6 Å². The van der Waals surface area contributed by atoms with Crippen LogP contribution in [-0.4, -0.2) is 42.4 Å². The molecule has 0 aliphatic carbocycles. The molecule has 0 bridgehead atoms. The second-order valence-electron chi connectivity index (χ2n) is 6.36. The van der Waals surface area contributed by atoms with E-state index in [0.29, 0.717) is 23.3 Å². The van der Waals surface area contributed by atoms with Crippen molar-refractivity contribution in [3.63, 3.8) is 0 Å². The van der Waals surface area contributed by atoms with Crippen LogP contribution in [0.4, 0.5) is 13.2 Å². The Balaban J connectivity index is 2.91. The van der Waals surface area contributed by atoms with E-state index >= 15 is 0 Å². The Hall–Kier alpha value is -2.40. The van der Waals surface area contributed by atoms with Gasteiger partial charge in [0.25, 0.3) is 10.1 Å². The minimum atomic E-state index is -5.29. The van der Waals surface area contributed by atoms with E-state index in [2.05, 4.69) is 4.74 Å². The highest BCUT2D eigenvalue weighted by Gasteiger charge is 2.56. The van der Waals surface area contributed by atoms with Gasteiger partial charge in [0.1, 0.15) is 11.5 Å². The predicted molar refractivity (Wildman–Crippen MR) is 92.4 cm³/mol. The van der Waals surface area contributed by atoms with E-state index in [1.54, 1.807) is 26.0 Å². The summed E-state index contributed by atoms with van der Waals surface area (Å²) in [4.78, 5) is 23.5. The lowest BCUT2D eigenvalue weighted by molar-refractivity contribution is -0.253. The minimum Gasteiger partial charge on any atom is -0.445 e. The van der Waals surface area contributed by atoms with E-state index in [-0.39, 0.29) is 12.7 Å². The summed E-state index contributed by atoms with van der Waals surface area (Å²) in [7, 11) is -5.11. The third kappa shape index (κ3) is 6.64. The Morgan fingerprint density at radius 3 is 1.96 bits per heavy atom. The molecule has 0 amide bonds. The molecule has 1 unspecified atom stereocenters. The molecule has 1 N–H and O–H groups in total. The Labute approximate surface area is 159 Å². The first-order valence-corrected chi connectivity index (χ1v) is 9.37. The van der Waals surface area contributed by atoms with E-state index in [1.165, 1.54) is 0 Å². The summed E-state index contributed by atoms with van der Waals surface area (Å²) in [5, 5.41) is 0. The molecule has 156 valence electrons. The highest BCUT2D eigenvalue weighted by atomic mass is 32.2. The molecule has 11 heteroatoms. The summed E-state index contributed by atoms with van der Waals surface area (Å²) in [5.41, 5.74) is -1.30. The van der Waals surface area contributed by atoms with Crippen LogP contribution in [0, 0.1) is 20.8 Å². The van der Waals surface area contributed by atoms with E-state index in [0.717, 1.165) is 5.56 Å². The summed E-state index contributed by atoms with van der Waals surface area (Å²) in [5.74, 6) is -4.34. The molecule has 1 atom stereocenters. The van der Waals surface area contributed by atoms with E-state index in [4.69, 9.17) is 9.29 Å². The van der Waals surface area contributed by atoms with Gasteiger partial charge >= 0.3 is 18.1 Å². The zero-order valence-corrected chi connectivity index (χ0v) is 16.3. The molecular formula is C17H19F3O7S. The highest BCUT2D eigenvalue weighted by molar-refractivity contribution is 7.85. The highest BCUT2D eigenvalue weighted by Crippen LogP contribution is 2.34. The van der Waals surface area contributed by atoms with Crippen molar-refractivity contribution in [2.45, 2.75) is 39.5 Å². The fourth-order valence-corrected chi connectivity index (χ4v) is 3.29. The first-order chi connectivity index (χ1) is 12.5. The van der Waals surface area contributed by atoms with Gasteiger partial charge in [-0.05, 0) is 38.8 Å². The topological polar surface area (TPSA) is 107 Å². The number of hydrogen-bond donors (Lipinski definition) is 1. The molecule has 0 heterocycles. The van der Waals surface area contributed by atoms with Gasteiger partial charge in [0.05, 0.1) is 0 Å². The predicted octanol–water partition coefficient (Wildman–Crippen LogP) is 2.83. The van der Waals surface area contributed by atoms with Crippen LogP contribution in [0.3, 0.4) is 0 Å². The number of alkyl halides is 3. The number of esters is 2. The van der Waals surface area contributed by atoms with Gasteiger partial charge in [-0.1, -0.05) is 17.7 Å². The monoisotopic (exact) mass is 424 g/mol. The Kier molecular flexibility index (Phi) is 7.02. The number of aryl methyl sites for hydroxylation is 3. The molecule has 0 aliphatic heterocycles. The van der Waals surface area contributed by atoms with Crippen LogP contribution in [0.15, 0.2) is 24.3 Å². The molecule has 0 radical (unpaired) electrons. The molecule has 1 aromatic rings. The van der Waals surface area contributed by atoms with Crippen molar-refractivity contribution >= 4 is 22.1 Å². The van der Waals surface area contributed by atoms with Gasteiger partial charge in [0, 0.05) is 12.2 Å². The van der Waals surface area contributed by atoms with Crippen LogP contribution in [0.2, 0.25) is 0 Å². The summed E-state index contributed by atoms with van der Waals surface area (Å²) < 4.78 is 78.6. The maximum Gasteiger partial charge on any atom is 0.429 e. The first-order valence-electron chi connectivity index (χ1n) is 7.77. The number of carbonyl (C=O) groups is 2. The number of hydrogen-bond acceptors (Lipinski definition) is 6. The van der Waals surface area contributed by atoms with Crippen molar-refractivity contribution < 1.29 is 45.2 Å². The van der Waals surface area contributed by atoms with Crippen molar-refractivity contribution in [3.05, 3.63) is 41.0 Å². The second kappa shape index (κ2) is 8.31. The normalized spacial score (nSPS) is 14.6. The Bertz CT molecular complexity index is 881. The van der Waals surface area contributed by atoms with Gasteiger partial charge in [-0.15, -0.1) is 0 Å². The van der Waals surface area contributed by atoms with Gasteiger partial charge in [-0.3, -0.25) is 4.55 Å². The molecule has 0 saturated heterocycles. The molecule has 0 aliphatic rings. The van der Waals surface area contributed by atoms with Gasteiger partial charge in [-0.2, -0.15) is 21.6 Å². The van der Waals surface area contributed by atoms with E-state index < -0.39 is 39.6 Å². The van der Waals surface area contributed by atoms with Crippen LogP contribution in [-0.2, 0) is 24.4 Å². The molecular weight excluding hydrogens is 405 g/mol. The Morgan fingerprint density at radius 1 is 1.07 bits per heavy atom. The summed E-state index contributed by atoms with van der Waals surface area (Å²) in [6.07, 6.45) is -4.37. The minimum absolute atomic E-state index is 0.236. The first kappa shape index (κ1) is 23.6. The standard InChI is InChI=1S/C17H19F3O7S/c1-10-7-11(2)15(12(3)8-10)26-13(21)5-6-14(22)27-16(4,17(18,19)20)9-28(23,24)25/h5-8H,9H2,1-4H3,(H,23,24,25)/b6-5-. The van der Waals surface area contributed by atoms with Gasteiger partial charge < -0.3 is 9.47 Å². The Morgan fingerprint density at radius 2 is 1.54 bits per heavy atom. The zero-order valence-electron chi connectivity index (χ0n) is 15.5. The summed E-state index contributed by atoms with van der Waals surface area (Å²) >= 11 is 0. The van der Waals surface area contributed by atoms with Crippen LogP contribution < -0.4 is 4.74 Å². The van der Waals surface area contributed by atoms with Crippen molar-refractivity contribution in [2.24, 2.45) is 0 Å². The number of ether oxygens (including phenoxy) is 2. The number of halogens is 3. The van der Waals surface area contributed by atoms with E-state index in [1.807, 2.05) is 6.92 Å². The quantitative estimate of drug-likeness (QED) is 0.324. The lowest BCUT2D eigenvalue weighted by atomic mass is 10.1. The number of rotatable bonds is 6. The zero-order chi connectivity index (χ0) is 21.9. The summed E-state index contributed by atoms with van der Waals surface area (Å²) in [6, 6.07) is 3.50. The molecule has 7 nitrogen and oxygen atoms in total. The smallest absolute Gasteiger partial charge is 0.429 e. The van der Waals surface area contributed by atoms with Gasteiger partial charge in [0.2, 0.25) is 5.60 Å². The lowest BCUT2D eigenvalue weighted by Gasteiger charge is -2.29. The molecule has 0 saturated carbocycles. The molecule has 1 rings (SSSR count). The maximum atomic E-state index is 13.0. The average molecular weight is 424 g/mol. The van der Waals surface area contributed by atoms with Crippen LogP contribution in [0.25, 0.3) is 0 Å². The number of benzene rings is 1. The SMILES string of the molecule is Cc1cc(C)c(OC(=O)/C=C\C(=O)OC(C)(CS(=O)(=O)O)C(F)(F)F)c(C)c1. The molecule has 28 heavy (non-hydrogen) atoms. The third-order valence-electron chi connectivity index (χ3n) is 3.55. The summed E-state index contributed by atoms with van der Waals surface area (Å²) in [6.45, 7) is 5.49. The van der Waals surface area contributed by atoms with Crippen molar-refractivity contribution in [3.8, 4) is 5.75 Å². The fourth-order valence-electron chi connectivity index (χ4n) is 2.37. The fraction of sp³-hybridized carbons (Fsp3) is 0.412. The molecule has 0 aromatic heterocycles. The second-order valence-corrected chi connectivity index (χ2v) is 7.81. The van der Waals surface area contributed by atoms with Gasteiger partial charge in [0.15, 0.2) is 0 Å². The maximum absolute atomic E-state index is 13.0. The number of carbonyl (C=O) groups excluding carboxylic acids is 2. The van der Waals surface area contributed by atoms with Crippen LogP contribution >= 0.6 is 0 Å². The van der Waals surface area contributed by atoms with Gasteiger partial charge in [-0.25, -0.2) is 9.59 Å². The van der Waals surface area contributed by atoms with Crippen molar-refractivity contribution in [1.82, 2.24) is 0 Å². The lowest BCUT2D eigenvalue weighted by Crippen LogP contribution is -2.51. The van der Waals surface area contributed by atoms with Crippen molar-refractivity contribution in [2.75, 3.05) is 5.75 Å². The van der Waals surface area contributed by atoms with Crippen molar-refractivity contribution in [1.29, 1.82) is 0 Å².